The molecule has 1 aromatic carbocycles. The van der Waals surface area contributed by atoms with Gasteiger partial charge in [0.15, 0.2) is 0 Å². The lowest BCUT2D eigenvalue weighted by Crippen LogP contribution is -2.10. The molecule has 0 amide bonds. The molecule has 0 saturated carbocycles. The fourth-order valence-corrected chi connectivity index (χ4v) is 2.81. The third-order valence-corrected chi connectivity index (χ3v) is 4.20. The average molecular weight is 381 g/mol. The van der Waals surface area contributed by atoms with Crippen LogP contribution in [0.25, 0.3) is 5.57 Å². The van der Waals surface area contributed by atoms with E-state index in [1.807, 2.05) is 11.1 Å². The van der Waals surface area contributed by atoms with Gasteiger partial charge in [-0.15, -0.1) is 0 Å². The SMILES string of the molecule is COc1nc(/C(=C\Br)c2ccc(C(C)(C)C)cc2)ccc1Cl. The number of hydrogen-bond donors (Lipinski definition) is 0. The number of ether oxygens (including phenoxy) is 1. The van der Waals surface area contributed by atoms with Crippen molar-refractivity contribution < 1.29 is 4.74 Å². The Kier molecular flexibility index (Phi) is 5.30. The molecule has 2 rings (SSSR count). The van der Waals surface area contributed by atoms with E-state index < -0.39 is 0 Å². The van der Waals surface area contributed by atoms with Crippen molar-refractivity contribution in [2.45, 2.75) is 26.2 Å². The van der Waals surface area contributed by atoms with Crippen LogP contribution in [-0.4, -0.2) is 12.1 Å². The van der Waals surface area contributed by atoms with Gasteiger partial charge in [-0.05, 0) is 33.7 Å². The highest BCUT2D eigenvalue weighted by Gasteiger charge is 2.15. The third kappa shape index (κ3) is 3.71. The summed E-state index contributed by atoms with van der Waals surface area (Å²) in [4.78, 5) is 6.33. The molecule has 2 nitrogen and oxygen atoms in total. The highest BCUT2D eigenvalue weighted by Crippen LogP contribution is 2.30. The molecule has 0 saturated heterocycles. The van der Waals surface area contributed by atoms with E-state index in [9.17, 15) is 0 Å². The molecule has 0 N–H and O–H groups in total. The molecule has 1 heterocycles. The van der Waals surface area contributed by atoms with Crippen LogP contribution in [0.3, 0.4) is 0 Å². The minimum atomic E-state index is 0.137. The molecule has 4 heteroatoms. The lowest BCUT2D eigenvalue weighted by molar-refractivity contribution is 0.398. The van der Waals surface area contributed by atoms with Crippen LogP contribution >= 0.6 is 27.5 Å². The second-order valence-corrected chi connectivity index (χ2v) is 6.90. The molecule has 1 aromatic heterocycles. The molecule has 0 spiro atoms. The van der Waals surface area contributed by atoms with Gasteiger partial charge in [-0.1, -0.05) is 72.6 Å². The van der Waals surface area contributed by atoms with E-state index in [0.29, 0.717) is 10.9 Å². The van der Waals surface area contributed by atoms with Gasteiger partial charge in [0.25, 0.3) is 0 Å². The van der Waals surface area contributed by atoms with Crippen molar-refractivity contribution in [3.8, 4) is 5.88 Å². The Hall–Kier alpha value is -1.32. The maximum atomic E-state index is 6.04. The van der Waals surface area contributed by atoms with Crippen LogP contribution in [0.5, 0.6) is 5.88 Å². The molecule has 0 aliphatic heterocycles. The predicted octanol–water partition coefficient (Wildman–Crippen LogP) is 5.83. The molecular formula is C18H19BrClNO. The third-order valence-electron chi connectivity index (χ3n) is 3.45. The molecule has 0 aliphatic carbocycles. The van der Waals surface area contributed by atoms with E-state index in [4.69, 9.17) is 16.3 Å². The van der Waals surface area contributed by atoms with Crippen LogP contribution in [0.4, 0.5) is 0 Å². The van der Waals surface area contributed by atoms with Gasteiger partial charge < -0.3 is 4.74 Å². The summed E-state index contributed by atoms with van der Waals surface area (Å²) in [6.45, 7) is 6.61. The minimum absolute atomic E-state index is 0.137. The molecule has 22 heavy (non-hydrogen) atoms. The number of halogens is 2. The summed E-state index contributed by atoms with van der Waals surface area (Å²) in [5.74, 6) is 0.428. The summed E-state index contributed by atoms with van der Waals surface area (Å²) in [7, 11) is 1.56. The molecular weight excluding hydrogens is 362 g/mol. The Labute approximate surface area is 145 Å². The number of nitrogens with zero attached hydrogens (tertiary/aromatic N) is 1. The smallest absolute Gasteiger partial charge is 0.232 e. The standard InChI is InChI=1S/C18H19BrClNO/c1-18(2,3)13-7-5-12(6-8-13)14(11-19)16-10-9-15(20)17(21-16)22-4/h5-11H,1-4H3/b14-11-. The largest absolute Gasteiger partial charge is 0.480 e. The van der Waals surface area contributed by atoms with E-state index >= 15 is 0 Å². The van der Waals surface area contributed by atoms with E-state index in [1.165, 1.54) is 5.56 Å². The lowest BCUT2D eigenvalue weighted by Gasteiger charge is -2.19. The molecule has 0 atom stereocenters. The number of rotatable bonds is 3. The summed E-state index contributed by atoms with van der Waals surface area (Å²) < 4.78 is 5.19. The van der Waals surface area contributed by atoms with Crippen molar-refractivity contribution in [3.05, 3.63) is 63.2 Å². The van der Waals surface area contributed by atoms with Crippen molar-refractivity contribution >= 4 is 33.1 Å². The first-order chi connectivity index (χ1) is 10.4. The van der Waals surface area contributed by atoms with Gasteiger partial charge in [-0.3, -0.25) is 0 Å². The Morgan fingerprint density at radius 1 is 1.14 bits per heavy atom. The highest BCUT2D eigenvalue weighted by molar-refractivity contribution is 9.11. The highest BCUT2D eigenvalue weighted by atomic mass is 79.9. The quantitative estimate of drug-likeness (QED) is 0.669. The molecule has 0 radical (unpaired) electrons. The molecule has 0 unspecified atom stereocenters. The van der Waals surface area contributed by atoms with Gasteiger partial charge in [0.05, 0.1) is 12.8 Å². The summed E-state index contributed by atoms with van der Waals surface area (Å²) in [6, 6.07) is 12.2. The fraction of sp³-hybridized carbons (Fsp3) is 0.278. The number of methoxy groups -OCH3 is 1. The minimum Gasteiger partial charge on any atom is -0.480 e. The van der Waals surface area contributed by atoms with E-state index in [2.05, 4.69) is 66.0 Å². The Morgan fingerprint density at radius 2 is 1.77 bits per heavy atom. The Morgan fingerprint density at radius 3 is 2.27 bits per heavy atom. The summed E-state index contributed by atoms with van der Waals surface area (Å²) >= 11 is 9.48. The molecule has 116 valence electrons. The maximum Gasteiger partial charge on any atom is 0.232 e. The van der Waals surface area contributed by atoms with Crippen LogP contribution in [0.15, 0.2) is 41.4 Å². The predicted molar refractivity (Wildman–Crippen MR) is 96.9 cm³/mol. The van der Waals surface area contributed by atoms with Gasteiger partial charge >= 0.3 is 0 Å². The van der Waals surface area contributed by atoms with Gasteiger partial charge in [0.1, 0.15) is 5.02 Å². The van der Waals surface area contributed by atoms with Crippen LogP contribution in [0, 0.1) is 0 Å². The van der Waals surface area contributed by atoms with Crippen molar-refractivity contribution in [2.75, 3.05) is 7.11 Å². The summed E-state index contributed by atoms with van der Waals surface area (Å²) in [5, 5.41) is 0.503. The molecule has 2 aromatic rings. The summed E-state index contributed by atoms with van der Waals surface area (Å²) in [6.07, 6.45) is 0. The monoisotopic (exact) mass is 379 g/mol. The first-order valence-corrected chi connectivity index (χ1v) is 8.28. The van der Waals surface area contributed by atoms with Crippen LogP contribution in [0.1, 0.15) is 37.6 Å². The number of hydrogen-bond acceptors (Lipinski definition) is 2. The van der Waals surface area contributed by atoms with Crippen LogP contribution < -0.4 is 4.74 Å². The van der Waals surface area contributed by atoms with E-state index in [-0.39, 0.29) is 5.41 Å². The zero-order valence-electron chi connectivity index (χ0n) is 13.2. The van der Waals surface area contributed by atoms with E-state index in [1.54, 1.807) is 13.2 Å². The number of pyridine rings is 1. The van der Waals surface area contributed by atoms with Crippen molar-refractivity contribution in [3.63, 3.8) is 0 Å². The first-order valence-electron chi connectivity index (χ1n) is 6.99. The second-order valence-electron chi connectivity index (χ2n) is 6.04. The Balaban J connectivity index is 2.41. The van der Waals surface area contributed by atoms with Crippen LogP contribution in [-0.2, 0) is 5.41 Å². The number of benzene rings is 1. The van der Waals surface area contributed by atoms with E-state index in [0.717, 1.165) is 16.8 Å². The lowest BCUT2D eigenvalue weighted by atomic mass is 9.86. The zero-order chi connectivity index (χ0) is 16.3. The molecule has 0 bridgehead atoms. The normalized spacial score (nSPS) is 12.4. The van der Waals surface area contributed by atoms with Crippen molar-refractivity contribution in [1.29, 1.82) is 0 Å². The zero-order valence-corrected chi connectivity index (χ0v) is 15.5. The van der Waals surface area contributed by atoms with Gasteiger partial charge in [-0.25, -0.2) is 4.98 Å². The molecule has 0 fully saturated rings. The average Bonchev–Trinajstić information content (AvgIpc) is 2.49. The van der Waals surface area contributed by atoms with Gasteiger partial charge in [0.2, 0.25) is 5.88 Å². The fourth-order valence-electron chi connectivity index (χ4n) is 2.13. The Bertz CT molecular complexity index is 687. The van der Waals surface area contributed by atoms with Crippen molar-refractivity contribution in [2.24, 2.45) is 0 Å². The van der Waals surface area contributed by atoms with Crippen molar-refractivity contribution in [1.82, 2.24) is 4.98 Å². The first kappa shape index (κ1) is 17.0. The summed E-state index contributed by atoms with van der Waals surface area (Å²) in [5.41, 5.74) is 4.31. The maximum absolute atomic E-state index is 6.04. The molecule has 0 aliphatic rings. The van der Waals surface area contributed by atoms with Crippen LogP contribution in [0.2, 0.25) is 5.02 Å². The topological polar surface area (TPSA) is 22.1 Å². The van der Waals surface area contributed by atoms with Gasteiger partial charge in [0, 0.05) is 5.57 Å². The number of aromatic nitrogens is 1. The second kappa shape index (κ2) is 6.84. The van der Waals surface area contributed by atoms with Gasteiger partial charge in [-0.2, -0.15) is 0 Å².